The van der Waals surface area contributed by atoms with Crippen molar-refractivity contribution in [3.63, 3.8) is 0 Å². The average Bonchev–Trinajstić information content (AvgIpc) is 2.83. The first-order chi connectivity index (χ1) is 9.43. The highest BCUT2D eigenvalue weighted by Gasteiger charge is 2.26. The van der Waals surface area contributed by atoms with Gasteiger partial charge in [0, 0.05) is 12.6 Å². The van der Waals surface area contributed by atoms with E-state index in [-0.39, 0.29) is 10.9 Å². The lowest BCUT2D eigenvalue weighted by Crippen LogP contribution is -2.30. The third-order valence-corrected chi connectivity index (χ3v) is 4.59. The highest BCUT2D eigenvalue weighted by Crippen LogP contribution is 2.31. The van der Waals surface area contributed by atoms with Gasteiger partial charge in [0.2, 0.25) is 10.0 Å². The molecule has 7 heteroatoms. The van der Waals surface area contributed by atoms with Crippen molar-refractivity contribution in [2.75, 3.05) is 18.0 Å². The van der Waals surface area contributed by atoms with Crippen molar-refractivity contribution in [1.82, 2.24) is 0 Å². The van der Waals surface area contributed by atoms with Gasteiger partial charge in [0.25, 0.3) is 0 Å². The van der Waals surface area contributed by atoms with Crippen LogP contribution < -0.4 is 15.8 Å². The molecule has 1 aromatic rings. The third kappa shape index (κ3) is 3.28. The molecule has 112 valence electrons. The highest BCUT2D eigenvalue weighted by molar-refractivity contribution is 7.89. The van der Waals surface area contributed by atoms with E-state index in [0.717, 1.165) is 38.3 Å². The molecule has 0 radical (unpaired) electrons. The maximum absolute atomic E-state index is 14.1. The Bertz CT molecular complexity index is 577. The molecule has 1 aromatic carbocycles. The minimum absolute atomic E-state index is 0.198. The molecule has 0 aliphatic carbocycles. The smallest absolute Gasteiger partial charge is 0.238 e. The van der Waals surface area contributed by atoms with E-state index in [2.05, 4.69) is 0 Å². The molecule has 0 amide bonds. The number of hydrogen-bond acceptors (Lipinski definition) is 4. The average molecular weight is 301 g/mol. The Morgan fingerprint density at radius 3 is 2.75 bits per heavy atom. The summed E-state index contributed by atoms with van der Waals surface area (Å²) >= 11 is 0. The molecule has 2 rings (SSSR count). The Balaban J connectivity index is 2.24. The van der Waals surface area contributed by atoms with Gasteiger partial charge < -0.3 is 10.6 Å². The van der Waals surface area contributed by atoms with E-state index >= 15 is 0 Å². The summed E-state index contributed by atoms with van der Waals surface area (Å²) in [5.74, 6) is -0.545. The molecule has 0 aromatic heterocycles. The summed E-state index contributed by atoms with van der Waals surface area (Å²) in [6, 6.07) is 4.11. The Morgan fingerprint density at radius 1 is 1.40 bits per heavy atom. The van der Waals surface area contributed by atoms with Crippen molar-refractivity contribution >= 4 is 15.7 Å². The Morgan fingerprint density at radius 2 is 2.15 bits per heavy atom. The number of benzene rings is 1. The first kappa shape index (κ1) is 15.2. The van der Waals surface area contributed by atoms with Crippen LogP contribution in [0.4, 0.5) is 10.1 Å². The zero-order valence-corrected chi connectivity index (χ0v) is 12.1. The maximum atomic E-state index is 14.1. The largest absolute Gasteiger partial charge is 0.366 e. The van der Waals surface area contributed by atoms with Crippen LogP contribution in [0.1, 0.15) is 25.7 Å². The predicted octanol–water partition coefficient (Wildman–Crippen LogP) is 1.18. The normalized spacial score (nSPS) is 19.6. The summed E-state index contributed by atoms with van der Waals surface area (Å²) in [4.78, 5) is 1.80. The first-order valence-corrected chi connectivity index (χ1v) is 8.27. The van der Waals surface area contributed by atoms with Crippen LogP contribution in [0.15, 0.2) is 23.1 Å². The molecule has 1 saturated heterocycles. The second kappa shape index (κ2) is 6.07. The van der Waals surface area contributed by atoms with Crippen LogP contribution in [0.3, 0.4) is 0 Å². The molecule has 0 spiro atoms. The molecule has 20 heavy (non-hydrogen) atoms. The van der Waals surface area contributed by atoms with E-state index in [1.165, 1.54) is 12.1 Å². The summed E-state index contributed by atoms with van der Waals surface area (Å²) in [6.07, 6.45) is 3.84. The van der Waals surface area contributed by atoms with Gasteiger partial charge in [-0.1, -0.05) is 0 Å². The van der Waals surface area contributed by atoms with Gasteiger partial charge in [0.15, 0.2) is 0 Å². The molecule has 1 heterocycles. The molecule has 4 N–H and O–H groups in total. The fourth-order valence-electron chi connectivity index (χ4n) is 2.70. The monoisotopic (exact) mass is 301 g/mol. The molecule has 1 aliphatic heterocycles. The number of anilines is 1. The number of nitrogens with zero attached hydrogens (tertiary/aromatic N) is 1. The van der Waals surface area contributed by atoms with Crippen LogP contribution in [-0.2, 0) is 10.0 Å². The lowest BCUT2D eigenvalue weighted by Gasteiger charge is -2.27. The molecule has 1 atom stereocenters. The van der Waals surface area contributed by atoms with Crippen LogP contribution in [0.2, 0.25) is 0 Å². The molecule has 5 nitrogen and oxygen atoms in total. The van der Waals surface area contributed by atoms with Crippen molar-refractivity contribution in [2.24, 2.45) is 10.9 Å². The standard InChI is InChI=1S/C13H20FN3O2S/c14-12-9-11(20(16,18)19)5-6-13(12)17-8-2-4-10(17)3-1-7-15/h5-6,9-10H,1-4,7-8,15H2,(H2,16,18,19). The van der Waals surface area contributed by atoms with E-state index in [4.69, 9.17) is 10.9 Å². The summed E-state index contributed by atoms with van der Waals surface area (Å²) in [6.45, 7) is 1.40. The first-order valence-electron chi connectivity index (χ1n) is 6.72. The number of nitrogens with two attached hydrogens (primary N) is 2. The number of halogens is 1. The molecular formula is C13H20FN3O2S. The molecule has 1 fully saturated rings. The molecule has 1 unspecified atom stereocenters. The van der Waals surface area contributed by atoms with Crippen LogP contribution in [0, 0.1) is 5.82 Å². The Hall–Kier alpha value is -1.18. The van der Waals surface area contributed by atoms with Gasteiger partial charge in [0.05, 0.1) is 10.6 Å². The predicted molar refractivity (Wildman–Crippen MR) is 76.4 cm³/mol. The number of sulfonamides is 1. The summed E-state index contributed by atoms with van der Waals surface area (Å²) in [7, 11) is -3.87. The van der Waals surface area contributed by atoms with Crippen LogP contribution >= 0.6 is 0 Å². The van der Waals surface area contributed by atoms with E-state index in [1.54, 1.807) is 0 Å². The molecule has 0 saturated carbocycles. The fraction of sp³-hybridized carbons (Fsp3) is 0.538. The van der Waals surface area contributed by atoms with Gasteiger partial charge in [-0.2, -0.15) is 0 Å². The van der Waals surface area contributed by atoms with Crippen molar-refractivity contribution in [1.29, 1.82) is 0 Å². The third-order valence-electron chi connectivity index (χ3n) is 3.68. The van der Waals surface area contributed by atoms with Crippen LogP contribution in [-0.4, -0.2) is 27.5 Å². The van der Waals surface area contributed by atoms with E-state index in [0.29, 0.717) is 12.2 Å². The van der Waals surface area contributed by atoms with Crippen molar-refractivity contribution in [3.05, 3.63) is 24.0 Å². The summed E-state index contributed by atoms with van der Waals surface area (Å²) in [5.41, 5.74) is 5.96. The molecule has 0 bridgehead atoms. The van der Waals surface area contributed by atoms with Gasteiger partial charge in [0.1, 0.15) is 5.82 Å². The number of primary sulfonamides is 1. The Labute approximate surface area is 118 Å². The lowest BCUT2D eigenvalue weighted by atomic mass is 10.1. The van der Waals surface area contributed by atoms with Gasteiger partial charge in [-0.05, 0) is 50.4 Å². The Kier molecular flexibility index (Phi) is 4.62. The van der Waals surface area contributed by atoms with E-state index in [1.807, 2.05) is 4.90 Å². The lowest BCUT2D eigenvalue weighted by molar-refractivity contribution is 0.564. The van der Waals surface area contributed by atoms with Gasteiger partial charge >= 0.3 is 0 Å². The van der Waals surface area contributed by atoms with Crippen LogP contribution in [0.25, 0.3) is 0 Å². The van der Waals surface area contributed by atoms with Crippen molar-refractivity contribution in [3.8, 4) is 0 Å². The van der Waals surface area contributed by atoms with Crippen molar-refractivity contribution in [2.45, 2.75) is 36.6 Å². The van der Waals surface area contributed by atoms with Crippen LogP contribution in [0.5, 0.6) is 0 Å². The van der Waals surface area contributed by atoms with Gasteiger partial charge in [-0.25, -0.2) is 17.9 Å². The summed E-state index contributed by atoms with van der Waals surface area (Å²) in [5, 5.41) is 5.00. The second-order valence-electron chi connectivity index (χ2n) is 5.08. The van der Waals surface area contributed by atoms with Crippen molar-refractivity contribution < 1.29 is 12.8 Å². The second-order valence-corrected chi connectivity index (χ2v) is 6.64. The quantitative estimate of drug-likeness (QED) is 0.854. The number of rotatable bonds is 5. The molecule has 1 aliphatic rings. The topological polar surface area (TPSA) is 89.4 Å². The highest BCUT2D eigenvalue weighted by atomic mass is 32.2. The zero-order valence-electron chi connectivity index (χ0n) is 11.3. The fourth-order valence-corrected chi connectivity index (χ4v) is 3.23. The zero-order chi connectivity index (χ0) is 14.8. The summed E-state index contributed by atoms with van der Waals surface area (Å²) < 4.78 is 36.6. The SMILES string of the molecule is NCCCC1CCCN1c1ccc(S(N)(=O)=O)cc1F. The maximum Gasteiger partial charge on any atom is 0.238 e. The van der Waals surface area contributed by atoms with E-state index < -0.39 is 15.8 Å². The minimum Gasteiger partial charge on any atom is -0.366 e. The molecular weight excluding hydrogens is 281 g/mol. The number of hydrogen-bond donors (Lipinski definition) is 2. The van der Waals surface area contributed by atoms with E-state index in [9.17, 15) is 12.8 Å². The minimum atomic E-state index is -3.87. The van der Waals surface area contributed by atoms with Gasteiger partial charge in [-0.15, -0.1) is 0 Å². The van der Waals surface area contributed by atoms with Gasteiger partial charge in [-0.3, -0.25) is 0 Å².